The molecule has 0 spiro atoms. The number of fused-ring (bicyclic) bond motifs is 1. The molecule has 0 aromatic heterocycles. The smallest absolute Gasteiger partial charge is 0.180 e. The van der Waals surface area contributed by atoms with Crippen molar-refractivity contribution in [2.75, 3.05) is 7.11 Å². The van der Waals surface area contributed by atoms with Gasteiger partial charge in [0.05, 0.1) is 12.8 Å². The van der Waals surface area contributed by atoms with Crippen molar-refractivity contribution in [3.8, 4) is 5.75 Å². The standard InChI is InChI=1S/C26H20N2O3/c1-31-18-13-11-17(12-14-18)24-21(16-7-3-2-4-8-16)15-22(27-28-24)23-25(29)19-9-5-6-10-20(19)26(23)30/h2-15,21,23-24H,1H3. The van der Waals surface area contributed by atoms with Crippen molar-refractivity contribution in [3.05, 3.63) is 113 Å². The minimum absolute atomic E-state index is 0.147. The minimum atomic E-state index is -0.927. The van der Waals surface area contributed by atoms with Crippen LogP contribution in [0.5, 0.6) is 5.75 Å². The molecule has 1 heterocycles. The van der Waals surface area contributed by atoms with E-state index < -0.39 is 5.92 Å². The molecular weight excluding hydrogens is 388 g/mol. The summed E-state index contributed by atoms with van der Waals surface area (Å²) in [6.45, 7) is 0. The van der Waals surface area contributed by atoms with Crippen molar-refractivity contribution in [3.63, 3.8) is 0 Å². The third-order valence-electron chi connectivity index (χ3n) is 5.91. The fourth-order valence-electron chi connectivity index (χ4n) is 4.30. The third-order valence-corrected chi connectivity index (χ3v) is 5.91. The first-order valence-corrected chi connectivity index (χ1v) is 10.2. The van der Waals surface area contributed by atoms with Crippen molar-refractivity contribution in [2.24, 2.45) is 16.1 Å². The van der Waals surface area contributed by atoms with Gasteiger partial charge >= 0.3 is 0 Å². The molecular formula is C26H20N2O3. The summed E-state index contributed by atoms with van der Waals surface area (Å²) < 4.78 is 5.27. The van der Waals surface area contributed by atoms with E-state index in [9.17, 15) is 9.59 Å². The number of allylic oxidation sites excluding steroid dienone is 1. The summed E-state index contributed by atoms with van der Waals surface area (Å²) in [5, 5.41) is 8.97. The Balaban J connectivity index is 1.55. The maximum Gasteiger partial charge on any atom is 0.180 e. The second-order valence-corrected chi connectivity index (χ2v) is 7.67. The Morgan fingerprint density at radius 3 is 1.97 bits per heavy atom. The molecule has 31 heavy (non-hydrogen) atoms. The Morgan fingerprint density at radius 1 is 0.742 bits per heavy atom. The molecule has 0 saturated carbocycles. The number of benzene rings is 3. The molecule has 0 radical (unpaired) electrons. The lowest BCUT2D eigenvalue weighted by Crippen LogP contribution is -2.21. The van der Waals surface area contributed by atoms with Crippen molar-refractivity contribution in [1.29, 1.82) is 0 Å². The van der Waals surface area contributed by atoms with E-state index in [1.54, 1.807) is 31.4 Å². The molecule has 0 saturated heterocycles. The van der Waals surface area contributed by atoms with Crippen LogP contribution in [0.4, 0.5) is 0 Å². The number of nitrogens with zero attached hydrogens (tertiary/aromatic N) is 2. The summed E-state index contributed by atoms with van der Waals surface area (Å²) in [7, 11) is 1.63. The van der Waals surface area contributed by atoms with Crippen LogP contribution in [-0.4, -0.2) is 18.7 Å². The summed E-state index contributed by atoms with van der Waals surface area (Å²) in [5.74, 6) is -0.722. The number of ketones is 2. The van der Waals surface area contributed by atoms with Crippen LogP contribution in [0.15, 0.2) is 101 Å². The van der Waals surface area contributed by atoms with Crippen LogP contribution in [0.2, 0.25) is 0 Å². The van der Waals surface area contributed by atoms with Crippen molar-refractivity contribution >= 4 is 11.6 Å². The van der Waals surface area contributed by atoms with E-state index in [4.69, 9.17) is 4.74 Å². The van der Waals surface area contributed by atoms with Crippen molar-refractivity contribution < 1.29 is 14.3 Å². The average molecular weight is 408 g/mol. The van der Waals surface area contributed by atoms with Gasteiger partial charge < -0.3 is 4.74 Å². The summed E-state index contributed by atoms with van der Waals surface area (Å²) >= 11 is 0. The van der Waals surface area contributed by atoms with Crippen LogP contribution in [-0.2, 0) is 0 Å². The van der Waals surface area contributed by atoms with E-state index in [0.717, 1.165) is 16.9 Å². The number of rotatable bonds is 4. The van der Waals surface area contributed by atoms with E-state index in [0.29, 0.717) is 16.8 Å². The Kier molecular flexibility index (Phi) is 4.79. The molecule has 5 rings (SSSR count). The van der Waals surface area contributed by atoms with Crippen LogP contribution in [0.25, 0.3) is 0 Å². The van der Waals surface area contributed by atoms with Gasteiger partial charge in [-0.2, -0.15) is 10.2 Å². The normalized spacial score (nSPS) is 20.5. The van der Waals surface area contributed by atoms with Gasteiger partial charge in [-0.05, 0) is 29.3 Å². The first-order chi connectivity index (χ1) is 15.2. The number of hydrogen-bond donors (Lipinski definition) is 0. The molecule has 3 aromatic rings. The highest BCUT2D eigenvalue weighted by molar-refractivity contribution is 6.28. The second kappa shape index (κ2) is 7.76. The van der Waals surface area contributed by atoms with Crippen molar-refractivity contribution in [2.45, 2.75) is 12.0 Å². The quantitative estimate of drug-likeness (QED) is 0.530. The van der Waals surface area contributed by atoms with Gasteiger partial charge in [-0.15, -0.1) is 0 Å². The fraction of sp³-hybridized carbons (Fsp3) is 0.154. The lowest BCUT2D eigenvalue weighted by atomic mass is 9.84. The molecule has 5 heteroatoms. The average Bonchev–Trinajstić information content (AvgIpc) is 3.09. The zero-order valence-electron chi connectivity index (χ0n) is 16.9. The van der Waals surface area contributed by atoms with E-state index in [2.05, 4.69) is 10.2 Å². The van der Waals surface area contributed by atoms with Crippen LogP contribution in [0.1, 0.15) is 43.8 Å². The lowest BCUT2D eigenvalue weighted by molar-refractivity contribution is 0.0861. The Hall–Kier alpha value is -3.86. The van der Waals surface area contributed by atoms with Crippen LogP contribution < -0.4 is 4.74 Å². The first-order valence-electron chi connectivity index (χ1n) is 10.2. The number of ether oxygens (including phenoxy) is 1. The molecule has 0 fully saturated rings. The van der Waals surface area contributed by atoms with Crippen molar-refractivity contribution in [1.82, 2.24) is 0 Å². The third kappa shape index (κ3) is 3.28. The first kappa shape index (κ1) is 19.1. The predicted octanol–water partition coefficient (Wildman–Crippen LogP) is 5.57. The predicted molar refractivity (Wildman–Crippen MR) is 116 cm³/mol. The zero-order chi connectivity index (χ0) is 21.4. The molecule has 1 aliphatic carbocycles. The molecule has 0 N–H and O–H groups in total. The van der Waals surface area contributed by atoms with Gasteiger partial charge in [0.2, 0.25) is 0 Å². The molecule has 0 bridgehead atoms. The maximum absolute atomic E-state index is 13.0. The molecule has 2 atom stereocenters. The number of Topliss-reactive ketones (excluding diaryl/α,β-unsaturated/α-hetero) is 2. The van der Waals surface area contributed by atoms with E-state index in [1.165, 1.54) is 0 Å². The van der Waals surface area contributed by atoms with E-state index in [-0.39, 0.29) is 23.5 Å². The monoisotopic (exact) mass is 408 g/mol. The molecule has 0 amide bonds. The van der Waals surface area contributed by atoms with E-state index >= 15 is 0 Å². The van der Waals surface area contributed by atoms with Gasteiger partial charge in [0.1, 0.15) is 17.7 Å². The summed E-state index contributed by atoms with van der Waals surface area (Å²) in [5.41, 5.74) is 3.38. The lowest BCUT2D eigenvalue weighted by Gasteiger charge is -2.26. The number of azo groups is 1. The molecule has 2 aliphatic rings. The van der Waals surface area contributed by atoms with Gasteiger partial charge in [0.25, 0.3) is 0 Å². The van der Waals surface area contributed by atoms with Crippen LogP contribution in [0.3, 0.4) is 0 Å². The molecule has 3 aromatic carbocycles. The van der Waals surface area contributed by atoms with Gasteiger partial charge in [0.15, 0.2) is 11.6 Å². The number of carbonyl (C=O) groups excluding carboxylic acids is 2. The van der Waals surface area contributed by atoms with Gasteiger partial charge in [0, 0.05) is 17.0 Å². The SMILES string of the molecule is COc1ccc(C2N=NC(C3C(=O)c4ccccc4C3=O)=CC2c2ccccc2)cc1. The molecule has 152 valence electrons. The van der Waals surface area contributed by atoms with Crippen LogP contribution >= 0.6 is 0 Å². The summed E-state index contributed by atoms with van der Waals surface area (Å²) in [6.07, 6.45) is 1.93. The minimum Gasteiger partial charge on any atom is -0.497 e. The Morgan fingerprint density at radius 2 is 1.35 bits per heavy atom. The van der Waals surface area contributed by atoms with Gasteiger partial charge in [-0.3, -0.25) is 9.59 Å². The molecule has 5 nitrogen and oxygen atoms in total. The Labute approximate surface area is 180 Å². The fourth-order valence-corrected chi connectivity index (χ4v) is 4.30. The highest BCUT2D eigenvalue weighted by Crippen LogP contribution is 2.43. The van der Waals surface area contributed by atoms with Crippen LogP contribution in [0, 0.1) is 5.92 Å². The number of hydrogen-bond acceptors (Lipinski definition) is 5. The number of carbonyl (C=O) groups is 2. The largest absolute Gasteiger partial charge is 0.497 e. The second-order valence-electron chi connectivity index (χ2n) is 7.67. The zero-order valence-corrected chi connectivity index (χ0v) is 16.9. The van der Waals surface area contributed by atoms with E-state index in [1.807, 2.05) is 60.7 Å². The summed E-state index contributed by atoms with van der Waals surface area (Å²) in [6, 6.07) is 24.4. The highest BCUT2D eigenvalue weighted by atomic mass is 16.5. The highest BCUT2D eigenvalue weighted by Gasteiger charge is 2.42. The molecule has 1 aliphatic heterocycles. The van der Waals surface area contributed by atoms with Gasteiger partial charge in [-0.1, -0.05) is 66.7 Å². The Bertz CT molecular complexity index is 1180. The topological polar surface area (TPSA) is 68.1 Å². The summed E-state index contributed by atoms with van der Waals surface area (Å²) in [4.78, 5) is 26.0. The number of methoxy groups -OCH3 is 1. The molecule has 2 unspecified atom stereocenters. The van der Waals surface area contributed by atoms with Gasteiger partial charge in [-0.25, -0.2) is 0 Å². The maximum atomic E-state index is 13.0.